The third-order valence-electron chi connectivity index (χ3n) is 1.98. The Bertz CT molecular complexity index is 219. The first-order chi connectivity index (χ1) is 7.01. The molecule has 0 aromatic carbocycles. The molecule has 0 rings (SSSR count). The van der Waals surface area contributed by atoms with Crippen molar-refractivity contribution in [2.45, 2.75) is 39.3 Å². The third-order valence-corrected chi connectivity index (χ3v) is 1.98. The van der Waals surface area contributed by atoms with E-state index in [2.05, 4.69) is 15.4 Å². The molecule has 0 fully saturated rings. The number of rotatable bonds is 6. The molecule has 88 valence electrons. The molecule has 2 unspecified atom stereocenters. The number of ether oxygens (including phenoxy) is 1. The van der Waals surface area contributed by atoms with E-state index in [1.807, 2.05) is 13.8 Å². The summed E-state index contributed by atoms with van der Waals surface area (Å²) < 4.78 is 4.50. The minimum atomic E-state index is -0.587. The second-order valence-corrected chi connectivity index (χ2v) is 3.48. The van der Waals surface area contributed by atoms with Gasteiger partial charge in [-0.25, -0.2) is 4.79 Å². The van der Waals surface area contributed by atoms with Gasteiger partial charge in [-0.15, -0.1) is 0 Å². The van der Waals surface area contributed by atoms with Crippen molar-refractivity contribution < 1.29 is 14.3 Å². The lowest BCUT2D eigenvalue weighted by Gasteiger charge is -2.15. The maximum atomic E-state index is 11.4. The van der Waals surface area contributed by atoms with Gasteiger partial charge in [0.1, 0.15) is 6.04 Å². The molecule has 2 atom stereocenters. The number of nitrogens with one attached hydrogen (secondary N) is 2. The fraction of sp³-hybridized carbons (Fsp3) is 0.800. The molecule has 0 heterocycles. The largest absolute Gasteiger partial charge is 0.467 e. The predicted molar refractivity (Wildman–Crippen MR) is 57.4 cm³/mol. The molecule has 0 aliphatic rings. The van der Waals surface area contributed by atoms with E-state index in [1.54, 1.807) is 6.92 Å². The summed E-state index contributed by atoms with van der Waals surface area (Å²) in [5.41, 5.74) is 0. The summed E-state index contributed by atoms with van der Waals surface area (Å²) in [4.78, 5) is 22.4. The zero-order chi connectivity index (χ0) is 11.8. The molecule has 15 heavy (non-hydrogen) atoms. The Labute approximate surface area is 90.6 Å². The molecule has 1 amide bonds. The van der Waals surface area contributed by atoms with Gasteiger partial charge >= 0.3 is 5.97 Å². The normalized spacial score (nSPS) is 14.1. The Balaban J connectivity index is 3.87. The van der Waals surface area contributed by atoms with Crippen LogP contribution < -0.4 is 10.6 Å². The monoisotopic (exact) mass is 216 g/mol. The van der Waals surface area contributed by atoms with E-state index < -0.39 is 12.0 Å². The molecular weight excluding hydrogens is 196 g/mol. The molecule has 2 N–H and O–H groups in total. The standard InChI is InChI=1S/C10H20N2O3/c1-5-11-7(2)6-9(13)12-8(3)10(14)15-4/h7-8,11H,5-6H2,1-4H3,(H,12,13). The van der Waals surface area contributed by atoms with Crippen LogP contribution in [0.2, 0.25) is 0 Å². The zero-order valence-electron chi connectivity index (χ0n) is 9.79. The number of carbonyl (C=O) groups is 2. The van der Waals surface area contributed by atoms with Crippen LogP contribution in [-0.2, 0) is 14.3 Å². The van der Waals surface area contributed by atoms with Crippen molar-refractivity contribution in [1.29, 1.82) is 0 Å². The molecule has 0 saturated carbocycles. The van der Waals surface area contributed by atoms with Gasteiger partial charge < -0.3 is 15.4 Å². The molecule has 0 aliphatic carbocycles. The second-order valence-electron chi connectivity index (χ2n) is 3.48. The van der Waals surface area contributed by atoms with Gasteiger partial charge in [-0.05, 0) is 20.4 Å². The minimum absolute atomic E-state index is 0.111. The maximum Gasteiger partial charge on any atom is 0.328 e. The van der Waals surface area contributed by atoms with E-state index in [-0.39, 0.29) is 11.9 Å². The Hall–Kier alpha value is -1.10. The van der Waals surface area contributed by atoms with Gasteiger partial charge in [-0.2, -0.15) is 0 Å². The first-order valence-electron chi connectivity index (χ1n) is 5.11. The van der Waals surface area contributed by atoms with Crippen LogP contribution in [0.1, 0.15) is 27.2 Å². The number of esters is 1. The number of carbonyl (C=O) groups excluding carboxylic acids is 2. The number of hydrogen-bond acceptors (Lipinski definition) is 4. The highest BCUT2D eigenvalue weighted by atomic mass is 16.5. The highest BCUT2D eigenvalue weighted by Crippen LogP contribution is 1.93. The lowest BCUT2D eigenvalue weighted by molar-refractivity contribution is -0.144. The van der Waals surface area contributed by atoms with Gasteiger partial charge in [-0.3, -0.25) is 4.79 Å². The van der Waals surface area contributed by atoms with Crippen LogP contribution in [0.5, 0.6) is 0 Å². The summed E-state index contributed by atoms with van der Waals surface area (Å²) in [5, 5.41) is 5.68. The van der Waals surface area contributed by atoms with Crippen molar-refractivity contribution in [3.63, 3.8) is 0 Å². The van der Waals surface area contributed by atoms with Crippen LogP contribution in [0, 0.1) is 0 Å². The van der Waals surface area contributed by atoms with Crippen molar-refractivity contribution in [3.8, 4) is 0 Å². The summed E-state index contributed by atoms with van der Waals surface area (Å²) in [5.74, 6) is -0.583. The number of methoxy groups -OCH3 is 1. The summed E-state index contributed by atoms with van der Waals surface area (Å²) >= 11 is 0. The number of hydrogen-bond donors (Lipinski definition) is 2. The van der Waals surface area contributed by atoms with Gasteiger partial charge in [0, 0.05) is 12.5 Å². The fourth-order valence-electron chi connectivity index (χ4n) is 1.23. The molecule has 0 aromatic rings. The van der Waals surface area contributed by atoms with Crippen LogP contribution in [0.4, 0.5) is 0 Å². The smallest absolute Gasteiger partial charge is 0.328 e. The molecule has 5 heteroatoms. The lowest BCUT2D eigenvalue weighted by Crippen LogP contribution is -2.41. The highest BCUT2D eigenvalue weighted by molar-refractivity contribution is 5.84. The van der Waals surface area contributed by atoms with Crippen LogP contribution in [0.25, 0.3) is 0 Å². The summed E-state index contributed by atoms with van der Waals surface area (Å²) in [6.45, 7) is 6.32. The maximum absolute atomic E-state index is 11.4. The zero-order valence-corrected chi connectivity index (χ0v) is 9.79. The van der Waals surface area contributed by atoms with Crippen molar-refractivity contribution in [1.82, 2.24) is 10.6 Å². The Morgan fingerprint density at radius 1 is 1.33 bits per heavy atom. The quantitative estimate of drug-likeness (QED) is 0.616. The molecule has 0 aromatic heterocycles. The topological polar surface area (TPSA) is 67.4 Å². The summed E-state index contributed by atoms with van der Waals surface area (Å²) in [6, 6.07) is -0.476. The van der Waals surface area contributed by atoms with Crippen molar-refractivity contribution in [3.05, 3.63) is 0 Å². The minimum Gasteiger partial charge on any atom is -0.467 e. The first-order valence-corrected chi connectivity index (χ1v) is 5.11. The Morgan fingerprint density at radius 2 is 1.93 bits per heavy atom. The molecule has 5 nitrogen and oxygen atoms in total. The van der Waals surface area contributed by atoms with Crippen molar-refractivity contribution in [2.75, 3.05) is 13.7 Å². The van der Waals surface area contributed by atoms with Gasteiger partial charge in [0.15, 0.2) is 0 Å². The van der Waals surface area contributed by atoms with Crippen LogP contribution in [0.15, 0.2) is 0 Å². The first kappa shape index (κ1) is 13.9. The van der Waals surface area contributed by atoms with Crippen LogP contribution in [-0.4, -0.2) is 37.6 Å². The fourth-order valence-corrected chi connectivity index (χ4v) is 1.23. The van der Waals surface area contributed by atoms with Crippen molar-refractivity contribution in [2.24, 2.45) is 0 Å². The van der Waals surface area contributed by atoms with Gasteiger partial charge in [0.2, 0.25) is 5.91 Å². The predicted octanol–water partition coefficient (Wildman–Crippen LogP) is 0.0522. The Kier molecular flexibility index (Phi) is 6.70. The molecule has 0 spiro atoms. The van der Waals surface area contributed by atoms with E-state index in [0.29, 0.717) is 6.42 Å². The number of amides is 1. The summed E-state index contributed by atoms with van der Waals surface area (Å²) in [6.07, 6.45) is 0.356. The molecule has 0 radical (unpaired) electrons. The molecule has 0 bridgehead atoms. The lowest BCUT2D eigenvalue weighted by atomic mass is 10.2. The van der Waals surface area contributed by atoms with E-state index >= 15 is 0 Å². The van der Waals surface area contributed by atoms with Gasteiger partial charge in [-0.1, -0.05) is 6.92 Å². The second kappa shape index (κ2) is 7.23. The molecule has 0 aliphatic heterocycles. The van der Waals surface area contributed by atoms with E-state index in [1.165, 1.54) is 7.11 Å². The van der Waals surface area contributed by atoms with Gasteiger partial charge in [0.05, 0.1) is 7.11 Å². The van der Waals surface area contributed by atoms with Crippen molar-refractivity contribution >= 4 is 11.9 Å². The molecule has 0 saturated heterocycles. The SMILES string of the molecule is CCNC(C)CC(=O)NC(C)C(=O)OC. The third kappa shape index (κ3) is 6.06. The van der Waals surface area contributed by atoms with Crippen LogP contribution in [0.3, 0.4) is 0 Å². The molecular formula is C10H20N2O3. The Morgan fingerprint density at radius 3 is 2.40 bits per heavy atom. The van der Waals surface area contributed by atoms with E-state index in [9.17, 15) is 9.59 Å². The van der Waals surface area contributed by atoms with Gasteiger partial charge in [0.25, 0.3) is 0 Å². The average Bonchev–Trinajstić information content (AvgIpc) is 2.16. The average molecular weight is 216 g/mol. The van der Waals surface area contributed by atoms with Crippen LogP contribution >= 0.6 is 0 Å². The van der Waals surface area contributed by atoms with E-state index in [0.717, 1.165) is 6.54 Å². The van der Waals surface area contributed by atoms with E-state index in [4.69, 9.17) is 0 Å². The highest BCUT2D eigenvalue weighted by Gasteiger charge is 2.16. The summed E-state index contributed by atoms with van der Waals surface area (Å²) in [7, 11) is 1.30.